The van der Waals surface area contributed by atoms with Gasteiger partial charge in [-0.15, -0.1) is 0 Å². The standard InChI is InChI=1S/C14H11BrN2O4/c1-21-14(18)9-6-7-13(17(19)20)12(8-9)16-11-5-3-2-4-10(11)15/h2-8,16H,1H3. The van der Waals surface area contributed by atoms with Crippen LogP contribution in [0.4, 0.5) is 17.1 Å². The number of carbonyl (C=O) groups excluding carboxylic acids is 1. The van der Waals surface area contributed by atoms with Crippen molar-refractivity contribution in [1.29, 1.82) is 0 Å². The molecule has 2 aromatic rings. The van der Waals surface area contributed by atoms with Gasteiger partial charge in [0, 0.05) is 10.5 Å². The van der Waals surface area contributed by atoms with E-state index in [9.17, 15) is 14.9 Å². The average Bonchev–Trinajstić information content (AvgIpc) is 2.48. The molecule has 2 rings (SSSR count). The Morgan fingerprint density at radius 1 is 1.24 bits per heavy atom. The number of para-hydroxylation sites is 1. The molecule has 0 fully saturated rings. The normalized spacial score (nSPS) is 10.0. The Morgan fingerprint density at radius 3 is 2.57 bits per heavy atom. The number of nitrogens with zero attached hydrogens (tertiary/aromatic N) is 1. The van der Waals surface area contributed by atoms with Gasteiger partial charge in [0.1, 0.15) is 5.69 Å². The van der Waals surface area contributed by atoms with Crippen molar-refractivity contribution < 1.29 is 14.5 Å². The maximum Gasteiger partial charge on any atom is 0.337 e. The minimum Gasteiger partial charge on any atom is -0.465 e. The van der Waals surface area contributed by atoms with Crippen molar-refractivity contribution >= 4 is 39.0 Å². The Balaban J connectivity index is 2.46. The monoisotopic (exact) mass is 350 g/mol. The quantitative estimate of drug-likeness (QED) is 0.513. The molecule has 2 aromatic carbocycles. The number of methoxy groups -OCH3 is 1. The lowest BCUT2D eigenvalue weighted by molar-refractivity contribution is -0.383. The second-order valence-electron chi connectivity index (χ2n) is 4.09. The van der Waals surface area contributed by atoms with Gasteiger partial charge in [0.25, 0.3) is 5.69 Å². The van der Waals surface area contributed by atoms with E-state index in [1.165, 1.54) is 25.3 Å². The van der Waals surface area contributed by atoms with Gasteiger partial charge in [-0.2, -0.15) is 0 Å². The number of hydrogen-bond acceptors (Lipinski definition) is 5. The second kappa shape index (κ2) is 6.36. The van der Waals surface area contributed by atoms with Gasteiger partial charge < -0.3 is 10.1 Å². The molecule has 7 heteroatoms. The molecular formula is C14H11BrN2O4. The highest BCUT2D eigenvalue weighted by molar-refractivity contribution is 9.10. The van der Waals surface area contributed by atoms with Gasteiger partial charge in [-0.05, 0) is 40.2 Å². The number of halogens is 1. The number of benzene rings is 2. The summed E-state index contributed by atoms with van der Waals surface area (Å²) >= 11 is 3.35. The highest BCUT2D eigenvalue weighted by atomic mass is 79.9. The van der Waals surface area contributed by atoms with Crippen molar-refractivity contribution in [2.45, 2.75) is 0 Å². The Morgan fingerprint density at radius 2 is 1.95 bits per heavy atom. The SMILES string of the molecule is COC(=O)c1ccc([N+](=O)[O-])c(Nc2ccccc2Br)c1. The zero-order valence-corrected chi connectivity index (χ0v) is 12.6. The smallest absolute Gasteiger partial charge is 0.337 e. The van der Waals surface area contributed by atoms with E-state index in [0.717, 1.165) is 4.47 Å². The fourth-order valence-electron chi connectivity index (χ4n) is 1.75. The first-order valence-electron chi connectivity index (χ1n) is 5.91. The zero-order valence-electron chi connectivity index (χ0n) is 11.0. The number of esters is 1. The first-order chi connectivity index (χ1) is 10.0. The molecule has 0 aliphatic rings. The molecule has 0 radical (unpaired) electrons. The molecule has 0 atom stereocenters. The predicted octanol–water partition coefficient (Wildman–Crippen LogP) is 3.89. The molecular weight excluding hydrogens is 340 g/mol. The third kappa shape index (κ3) is 3.38. The number of anilines is 2. The van der Waals surface area contributed by atoms with Gasteiger partial charge in [-0.3, -0.25) is 10.1 Å². The average molecular weight is 351 g/mol. The summed E-state index contributed by atoms with van der Waals surface area (Å²) < 4.78 is 5.37. The molecule has 0 bridgehead atoms. The minimum atomic E-state index is -0.555. The number of hydrogen-bond donors (Lipinski definition) is 1. The van der Waals surface area contributed by atoms with Crippen LogP contribution in [-0.4, -0.2) is 18.0 Å². The molecule has 0 amide bonds. The minimum absolute atomic E-state index is 0.126. The van der Waals surface area contributed by atoms with Gasteiger partial charge in [0.15, 0.2) is 0 Å². The van der Waals surface area contributed by atoms with Crippen molar-refractivity contribution in [3.05, 3.63) is 62.6 Å². The second-order valence-corrected chi connectivity index (χ2v) is 4.94. The summed E-state index contributed by atoms with van der Waals surface area (Å²) in [4.78, 5) is 22.1. The van der Waals surface area contributed by atoms with Crippen molar-refractivity contribution in [2.75, 3.05) is 12.4 Å². The molecule has 0 heterocycles. The van der Waals surface area contributed by atoms with E-state index in [1.54, 1.807) is 18.2 Å². The Hall–Kier alpha value is -2.41. The molecule has 1 N–H and O–H groups in total. The maximum absolute atomic E-state index is 11.5. The maximum atomic E-state index is 11.5. The molecule has 0 saturated heterocycles. The van der Waals surface area contributed by atoms with Crippen LogP contribution in [0.25, 0.3) is 0 Å². The first-order valence-corrected chi connectivity index (χ1v) is 6.70. The lowest BCUT2D eigenvalue weighted by atomic mass is 10.1. The molecule has 0 spiro atoms. The summed E-state index contributed by atoms with van der Waals surface area (Å²) in [5, 5.41) is 14.0. The summed E-state index contributed by atoms with van der Waals surface area (Å²) in [6.07, 6.45) is 0. The zero-order chi connectivity index (χ0) is 15.4. The Kier molecular flexibility index (Phi) is 4.54. The first kappa shape index (κ1) is 15.0. The highest BCUT2D eigenvalue weighted by Crippen LogP contribution is 2.32. The number of nitro groups is 1. The molecule has 6 nitrogen and oxygen atoms in total. The Bertz CT molecular complexity index is 703. The van der Waals surface area contributed by atoms with Crippen molar-refractivity contribution in [1.82, 2.24) is 0 Å². The van der Waals surface area contributed by atoms with Crippen LogP contribution in [0.3, 0.4) is 0 Å². The van der Waals surface area contributed by atoms with Gasteiger partial charge in [0.05, 0.1) is 23.3 Å². The molecule has 0 unspecified atom stereocenters. The molecule has 0 aliphatic heterocycles. The van der Waals surface area contributed by atoms with Crippen LogP contribution in [0.5, 0.6) is 0 Å². The van der Waals surface area contributed by atoms with Gasteiger partial charge in [0.2, 0.25) is 0 Å². The van der Waals surface area contributed by atoms with E-state index in [-0.39, 0.29) is 16.9 Å². The third-order valence-corrected chi connectivity index (χ3v) is 3.45. The molecule has 0 saturated carbocycles. The van der Waals surface area contributed by atoms with Crippen LogP contribution in [-0.2, 0) is 4.74 Å². The van der Waals surface area contributed by atoms with E-state index in [2.05, 4.69) is 26.0 Å². The van der Waals surface area contributed by atoms with Crippen LogP contribution in [0.1, 0.15) is 10.4 Å². The largest absolute Gasteiger partial charge is 0.465 e. The number of nitrogens with one attached hydrogen (secondary N) is 1. The van der Waals surface area contributed by atoms with Crippen LogP contribution in [0.2, 0.25) is 0 Å². The highest BCUT2D eigenvalue weighted by Gasteiger charge is 2.17. The van der Waals surface area contributed by atoms with Gasteiger partial charge in [-0.1, -0.05) is 12.1 Å². The summed E-state index contributed by atoms with van der Waals surface area (Å²) in [7, 11) is 1.25. The van der Waals surface area contributed by atoms with Crippen molar-refractivity contribution in [3.63, 3.8) is 0 Å². The fourth-order valence-corrected chi connectivity index (χ4v) is 2.13. The van der Waals surface area contributed by atoms with Gasteiger partial charge in [-0.25, -0.2) is 4.79 Å². The van der Waals surface area contributed by atoms with Crippen LogP contribution >= 0.6 is 15.9 Å². The van der Waals surface area contributed by atoms with E-state index in [1.807, 2.05) is 6.07 Å². The summed E-state index contributed by atoms with van der Waals surface area (Å²) in [6.45, 7) is 0. The van der Waals surface area contributed by atoms with Crippen molar-refractivity contribution in [3.8, 4) is 0 Å². The Labute approximate surface area is 129 Å². The van der Waals surface area contributed by atoms with Crippen LogP contribution in [0.15, 0.2) is 46.9 Å². The summed E-state index contributed by atoms with van der Waals surface area (Å²) in [6, 6.07) is 11.2. The van der Waals surface area contributed by atoms with Crippen molar-refractivity contribution in [2.24, 2.45) is 0 Å². The summed E-state index contributed by atoms with van der Waals surface area (Å²) in [5.41, 5.74) is 0.980. The fraction of sp³-hybridized carbons (Fsp3) is 0.0714. The molecule has 21 heavy (non-hydrogen) atoms. The van der Waals surface area contributed by atoms with Crippen LogP contribution in [0, 0.1) is 10.1 Å². The van der Waals surface area contributed by atoms with E-state index in [4.69, 9.17) is 0 Å². The number of nitro benzene ring substituents is 1. The van der Waals surface area contributed by atoms with Crippen LogP contribution < -0.4 is 5.32 Å². The molecule has 0 aromatic heterocycles. The van der Waals surface area contributed by atoms with E-state index < -0.39 is 10.9 Å². The topological polar surface area (TPSA) is 81.5 Å². The number of ether oxygens (including phenoxy) is 1. The number of rotatable bonds is 4. The lowest BCUT2D eigenvalue weighted by Gasteiger charge is -2.10. The molecule has 0 aliphatic carbocycles. The lowest BCUT2D eigenvalue weighted by Crippen LogP contribution is -2.04. The molecule has 108 valence electrons. The number of carbonyl (C=O) groups is 1. The van der Waals surface area contributed by atoms with E-state index >= 15 is 0 Å². The predicted molar refractivity (Wildman–Crippen MR) is 81.9 cm³/mol. The van der Waals surface area contributed by atoms with E-state index in [0.29, 0.717) is 5.69 Å². The van der Waals surface area contributed by atoms with Gasteiger partial charge >= 0.3 is 5.97 Å². The third-order valence-electron chi connectivity index (χ3n) is 2.76. The summed E-state index contributed by atoms with van der Waals surface area (Å²) in [5.74, 6) is -0.555.